The van der Waals surface area contributed by atoms with Crippen molar-refractivity contribution in [3.05, 3.63) is 30.2 Å². The number of aromatic hydroxyl groups is 1. The number of phenols is 1. The van der Waals surface area contributed by atoms with Gasteiger partial charge in [0, 0.05) is 12.2 Å². The Morgan fingerprint density at radius 1 is 1.32 bits per heavy atom. The largest absolute Gasteiger partial charge is 0.508 e. The van der Waals surface area contributed by atoms with E-state index in [2.05, 4.69) is 17.1 Å². The first-order valence-electron chi connectivity index (χ1n) is 6.52. The van der Waals surface area contributed by atoms with Crippen molar-refractivity contribution in [2.24, 2.45) is 0 Å². The highest BCUT2D eigenvalue weighted by Gasteiger charge is 2.32. The van der Waals surface area contributed by atoms with Crippen LogP contribution in [-0.2, 0) is 4.74 Å². The molecule has 0 radical (unpaired) electrons. The van der Waals surface area contributed by atoms with E-state index in [1.807, 2.05) is 0 Å². The Morgan fingerprint density at radius 3 is 2.84 bits per heavy atom. The van der Waals surface area contributed by atoms with Crippen molar-refractivity contribution < 1.29 is 14.4 Å². The lowest BCUT2D eigenvalue weighted by Gasteiger charge is -2.11. The Morgan fingerprint density at radius 2 is 2.11 bits per heavy atom. The van der Waals surface area contributed by atoms with Crippen LogP contribution in [0.1, 0.15) is 31.6 Å². The van der Waals surface area contributed by atoms with Gasteiger partial charge in [0.2, 0.25) is 11.7 Å². The Kier molecular flexibility index (Phi) is 3.21. The first-order valence-corrected chi connectivity index (χ1v) is 6.52. The van der Waals surface area contributed by atoms with Gasteiger partial charge in [-0.05, 0) is 37.1 Å². The van der Waals surface area contributed by atoms with Crippen molar-refractivity contribution in [3.63, 3.8) is 0 Å². The first-order chi connectivity index (χ1) is 9.28. The molecule has 2 unspecified atom stereocenters. The smallest absolute Gasteiger partial charge is 0.232 e. The molecule has 3 rings (SSSR count). The topological polar surface area (TPSA) is 68.4 Å². The van der Waals surface area contributed by atoms with Gasteiger partial charge in [-0.15, -0.1) is 0 Å². The van der Waals surface area contributed by atoms with Crippen LogP contribution in [-0.4, -0.2) is 28.0 Å². The molecule has 1 N–H and O–H groups in total. The fourth-order valence-electron chi connectivity index (χ4n) is 2.45. The lowest BCUT2D eigenvalue weighted by molar-refractivity contribution is 0.0953. The molecule has 100 valence electrons. The SMILES string of the molecule is CCC1OCCC1c1nc(-c2ccc(O)cc2)no1. The number of aromatic nitrogens is 2. The van der Waals surface area contributed by atoms with Crippen molar-refractivity contribution in [1.82, 2.24) is 10.1 Å². The van der Waals surface area contributed by atoms with Gasteiger partial charge in [0.15, 0.2) is 0 Å². The zero-order chi connectivity index (χ0) is 13.2. The van der Waals surface area contributed by atoms with Crippen molar-refractivity contribution in [2.75, 3.05) is 6.61 Å². The number of hydrogen-bond donors (Lipinski definition) is 1. The number of ether oxygens (including phenoxy) is 1. The molecule has 1 aromatic heterocycles. The maximum Gasteiger partial charge on any atom is 0.232 e. The molecular formula is C14H16N2O3. The summed E-state index contributed by atoms with van der Waals surface area (Å²) in [6.45, 7) is 2.85. The average molecular weight is 260 g/mol. The molecular weight excluding hydrogens is 244 g/mol. The molecule has 1 aliphatic heterocycles. The van der Waals surface area contributed by atoms with Crippen LogP contribution in [0.4, 0.5) is 0 Å². The van der Waals surface area contributed by atoms with Crippen molar-refractivity contribution in [1.29, 1.82) is 0 Å². The van der Waals surface area contributed by atoms with Gasteiger partial charge < -0.3 is 14.4 Å². The fraction of sp³-hybridized carbons (Fsp3) is 0.429. The van der Waals surface area contributed by atoms with E-state index in [1.165, 1.54) is 0 Å². The molecule has 0 saturated carbocycles. The van der Waals surface area contributed by atoms with Crippen LogP contribution in [0.25, 0.3) is 11.4 Å². The van der Waals surface area contributed by atoms with E-state index in [9.17, 15) is 5.11 Å². The first kappa shape index (κ1) is 12.2. The van der Waals surface area contributed by atoms with Gasteiger partial charge in [-0.25, -0.2) is 0 Å². The lowest BCUT2D eigenvalue weighted by Crippen LogP contribution is -2.13. The standard InChI is InChI=1S/C14H16N2O3/c1-2-12-11(7-8-18-12)14-15-13(16-19-14)9-3-5-10(17)6-4-9/h3-6,11-12,17H,2,7-8H2,1H3. The van der Waals surface area contributed by atoms with E-state index in [1.54, 1.807) is 24.3 Å². The van der Waals surface area contributed by atoms with Gasteiger partial charge in [-0.3, -0.25) is 0 Å². The predicted molar refractivity (Wildman–Crippen MR) is 68.8 cm³/mol. The fourth-order valence-corrected chi connectivity index (χ4v) is 2.45. The second-order valence-electron chi connectivity index (χ2n) is 4.72. The second kappa shape index (κ2) is 5.01. The molecule has 0 amide bonds. The normalized spacial score (nSPS) is 22.8. The molecule has 1 fully saturated rings. The molecule has 19 heavy (non-hydrogen) atoms. The monoisotopic (exact) mass is 260 g/mol. The average Bonchev–Trinajstić information content (AvgIpc) is 3.07. The summed E-state index contributed by atoms with van der Waals surface area (Å²) < 4.78 is 11.0. The van der Waals surface area contributed by atoms with Crippen LogP contribution in [0.3, 0.4) is 0 Å². The van der Waals surface area contributed by atoms with E-state index >= 15 is 0 Å². The molecule has 2 heterocycles. The summed E-state index contributed by atoms with van der Waals surface area (Å²) in [4.78, 5) is 4.45. The molecule has 1 saturated heterocycles. The van der Waals surface area contributed by atoms with E-state index in [0.29, 0.717) is 11.7 Å². The van der Waals surface area contributed by atoms with Gasteiger partial charge in [-0.1, -0.05) is 12.1 Å². The van der Waals surface area contributed by atoms with Crippen molar-refractivity contribution in [2.45, 2.75) is 31.8 Å². The van der Waals surface area contributed by atoms with Gasteiger partial charge in [0.05, 0.1) is 12.0 Å². The van der Waals surface area contributed by atoms with Crippen LogP contribution in [0, 0.1) is 0 Å². The van der Waals surface area contributed by atoms with E-state index in [0.717, 1.165) is 25.0 Å². The van der Waals surface area contributed by atoms with Crippen LogP contribution < -0.4 is 0 Å². The zero-order valence-electron chi connectivity index (χ0n) is 10.7. The third-order valence-corrected chi connectivity index (χ3v) is 3.50. The molecule has 0 spiro atoms. The minimum Gasteiger partial charge on any atom is -0.508 e. The summed E-state index contributed by atoms with van der Waals surface area (Å²) in [5, 5.41) is 13.3. The summed E-state index contributed by atoms with van der Waals surface area (Å²) in [5.41, 5.74) is 0.833. The number of hydrogen-bond acceptors (Lipinski definition) is 5. The summed E-state index contributed by atoms with van der Waals surface area (Å²) in [7, 11) is 0. The molecule has 1 aliphatic rings. The molecule has 1 aromatic carbocycles. The maximum atomic E-state index is 9.27. The van der Waals surface area contributed by atoms with Crippen LogP contribution in [0.2, 0.25) is 0 Å². The second-order valence-corrected chi connectivity index (χ2v) is 4.72. The van der Waals surface area contributed by atoms with Gasteiger partial charge in [0.1, 0.15) is 5.75 Å². The van der Waals surface area contributed by atoms with Gasteiger partial charge >= 0.3 is 0 Å². The van der Waals surface area contributed by atoms with E-state index in [4.69, 9.17) is 9.26 Å². The summed E-state index contributed by atoms with van der Waals surface area (Å²) in [6.07, 6.45) is 2.05. The predicted octanol–water partition coefficient (Wildman–Crippen LogP) is 2.72. The number of nitrogens with zero attached hydrogens (tertiary/aromatic N) is 2. The van der Waals surface area contributed by atoms with E-state index in [-0.39, 0.29) is 17.8 Å². The van der Waals surface area contributed by atoms with E-state index < -0.39 is 0 Å². The molecule has 2 atom stereocenters. The third-order valence-electron chi connectivity index (χ3n) is 3.50. The van der Waals surface area contributed by atoms with Crippen LogP contribution >= 0.6 is 0 Å². The Hall–Kier alpha value is -1.88. The zero-order valence-corrected chi connectivity index (χ0v) is 10.7. The number of benzene rings is 1. The molecule has 0 aliphatic carbocycles. The molecule has 5 heteroatoms. The maximum absolute atomic E-state index is 9.27. The minimum absolute atomic E-state index is 0.174. The Labute approximate surface area is 111 Å². The Balaban J connectivity index is 1.85. The Bertz CT molecular complexity index is 550. The van der Waals surface area contributed by atoms with Crippen molar-refractivity contribution >= 4 is 0 Å². The molecule has 5 nitrogen and oxygen atoms in total. The highest BCUT2D eigenvalue weighted by Crippen LogP contribution is 2.33. The quantitative estimate of drug-likeness (QED) is 0.919. The number of rotatable bonds is 3. The van der Waals surface area contributed by atoms with Crippen LogP contribution in [0.15, 0.2) is 28.8 Å². The highest BCUT2D eigenvalue weighted by molar-refractivity contribution is 5.55. The summed E-state index contributed by atoms with van der Waals surface area (Å²) in [5.74, 6) is 1.62. The summed E-state index contributed by atoms with van der Waals surface area (Å²) in [6, 6.07) is 6.76. The van der Waals surface area contributed by atoms with Gasteiger partial charge in [-0.2, -0.15) is 4.98 Å². The third kappa shape index (κ3) is 2.33. The number of phenolic OH excluding ortho intramolecular Hbond substituents is 1. The van der Waals surface area contributed by atoms with Gasteiger partial charge in [0.25, 0.3) is 0 Å². The highest BCUT2D eigenvalue weighted by atomic mass is 16.5. The summed E-state index contributed by atoms with van der Waals surface area (Å²) >= 11 is 0. The van der Waals surface area contributed by atoms with Crippen LogP contribution in [0.5, 0.6) is 5.75 Å². The molecule has 2 aromatic rings. The molecule has 0 bridgehead atoms. The lowest BCUT2D eigenvalue weighted by atomic mass is 10.00. The minimum atomic E-state index is 0.174. The van der Waals surface area contributed by atoms with Crippen molar-refractivity contribution in [3.8, 4) is 17.1 Å².